The Bertz CT molecular complexity index is 197. The molecule has 0 aliphatic rings. The number of unbranched alkanes of at least 4 members (excludes halogenated alkanes) is 6. The van der Waals surface area contributed by atoms with Crippen LogP contribution in [-0.2, 0) is 9.53 Å². The molecule has 0 aliphatic heterocycles. The molecule has 0 heterocycles. The molecule has 0 aliphatic carbocycles. The standard InChI is InChI=1S/C15H28O2/c1-3-5-6-7-8-9-10-11-12-13-14-17-15(16)4-2/h7-8H,3-6,9-14H2,1-2H3/b8-7-. The smallest absolute Gasteiger partial charge is 0.305 e. The maximum atomic E-state index is 10.8. The molecule has 0 saturated carbocycles. The highest BCUT2D eigenvalue weighted by Gasteiger charge is 1.96. The number of hydrogen-bond acceptors (Lipinski definition) is 2. The van der Waals surface area contributed by atoms with Crippen molar-refractivity contribution in [3.8, 4) is 0 Å². The van der Waals surface area contributed by atoms with E-state index in [9.17, 15) is 4.79 Å². The first-order valence-electron chi connectivity index (χ1n) is 7.11. The lowest BCUT2D eigenvalue weighted by atomic mass is 10.1. The van der Waals surface area contributed by atoms with Gasteiger partial charge in [0.15, 0.2) is 0 Å². The van der Waals surface area contributed by atoms with Gasteiger partial charge in [0.25, 0.3) is 0 Å². The zero-order chi connectivity index (χ0) is 12.8. The molecule has 0 saturated heterocycles. The largest absolute Gasteiger partial charge is 0.466 e. The molecule has 2 nitrogen and oxygen atoms in total. The third kappa shape index (κ3) is 13.1. The summed E-state index contributed by atoms with van der Waals surface area (Å²) in [5.41, 5.74) is 0. The number of rotatable bonds is 11. The van der Waals surface area contributed by atoms with Gasteiger partial charge in [0.05, 0.1) is 6.61 Å². The van der Waals surface area contributed by atoms with Crippen molar-refractivity contribution in [1.29, 1.82) is 0 Å². The van der Waals surface area contributed by atoms with Crippen molar-refractivity contribution >= 4 is 5.97 Å². The summed E-state index contributed by atoms with van der Waals surface area (Å²) in [4.78, 5) is 10.8. The van der Waals surface area contributed by atoms with Crippen LogP contribution in [0.15, 0.2) is 12.2 Å². The molecule has 0 radical (unpaired) electrons. The third-order valence-electron chi connectivity index (χ3n) is 2.71. The van der Waals surface area contributed by atoms with Gasteiger partial charge in [0.1, 0.15) is 0 Å². The van der Waals surface area contributed by atoms with Crippen LogP contribution < -0.4 is 0 Å². The molecule has 0 aromatic heterocycles. The fourth-order valence-corrected chi connectivity index (χ4v) is 1.56. The molecule has 0 rings (SSSR count). The first kappa shape index (κ1) is 16.2. The molecule has 17 heavy (non-hydrogen) atoms. The van der Waals surface area contributed by atoms with Gasteiger partial charge in [0.2, 0.25) is 0 Å². The predicted octanol–water partition coefficient (Wildman–Crippen LogP) is 4.64. The van der Waals surface area contributed by atoms with Crippen molar-refractivity contribution in [2.45, 2.75) is 71.6 Å². The number of ether oxygens (including phenoxy) is 1. The lowest BCUT2D eigenvalue weighted by Gasteiger charge is -2.02. The lowest BCUT2D eigenvalue weighted by Crippen LogP contribution is -2.03. The van der Waals surface area contributed by atoms with Crippen molar-refractivity contribution in [3.63, 3.8) is 0 Å². The molecule has 0 amide bonds. The summed E-state index contributed by atoms with van der Waals surface area (Å²) in [6.45, 7) is 4.64. The first-order valence-corrected chi connectivity index (χ1v) is 7.11. The Kier molecular flexibility index (Phi) is 12.7. The van der Waals surface area contributed by atoms with Crippen molar-refractivity contribution in [1.82, 2.24) is 0 Å². The quantitative estimate of drug-likeness (QED) is 0.299. The summed E-state index contributed by atoms with van der Waals surface area (Å²) in [7, 11) is 0. The molecule has 0 spiro atoms. The summed E-state index contributed by atoms with van der Waals surface area (Å²) in [6, 6.07) is 0. The van der Waals surface area contributed by atoms with E-state index in [1.165, 1.54) is 44.9 Å². The average Bonchev–Trinajstić information content (AvgIpc) is 2.35. The van der Waals surface area contributed by atoms with Gasteiger partial charge in [-0.3, -0.25) is 4.79 Å². The second-order valence-corrected chi connectivity index (χ2v) is 4.39. The first-order chi connectivity index (χ1) is 8.31. The summed E-state index contributed by atoms with van der Waals surface area (Å²) in [6.07, 6.45) is 14.8. The molecule has 0 fully saturated rings. The van der Waals surface area contributed by atoms with Gasteiger partial charge in [-0.15, -0.1) is 0 Å². The average molecular weight is 240 g/mol. The zero-order valence-corrected chi connectivity index (χ0v) is 11.5. The van der Waals surface area contributed by atoms with Crippen LogP contribution in [0.1, 0.15) is 71.6 Å². The minimum absolute atomic E-state index is 0.0798. The highest BCUT2D eigenvalue weighted by molar-refractivity contribution is 5.68. The topological polar surface area (TPSA) is 26.3 Å². The van der Waals surface area contributed by atoms with Crippen LogP contribution in [0.25, 0.3) is 0 Å². The molecule has 0 unspecified atom stereocenters. The normalized spacial score (nSPS) is 10.9. The molecule has 0 bridgehead atoms. The molecule has 0 atom stereocenters. The number of carbonyl (C=O) groups excluding carboxylic acids is 1. The van der Waals surface area contributed by atoms with Gasteiger partial charge in [-0.2, -0.15) is 0 Å². The fraction of sp³-hybridized carbons (Fsp3) is 0.800. The minimum atomic E-state index is -0.0798. The highest BCUT2D eigenvalue weighted by atomic mass is 16.5. The van der Waals surface area contributed by atoms with E-state index in [-0.39, 0.29) is 5.97 Å². The fourth-order valence-electron chi connectivity index (χ4n) is 1.56. The summed E-state index contributed by atoms with van der Waals surface area (Å²) >= 11 is 0. The lowest BCUT2D eigenvalue weighted by molar-refractivity contribution is -0.143. The third-order valence-corrected chi connectivity index (χ3v) is 2.71. The molecule has 0 aromatic carbocycles. The number of esters is 1. The Hall–Kier alpha value is -0.790. The SMILES string of the molecule is CCCC/C=C\CCCCCCOC(=O)CC. The number of carbonyl (C=O) groups is 1. The van der Waals surface area contributed by atoms with Crippen LogP contribution in [0, 0.1) is 0 Å². The van der Waals surface area contributed by atoms with E-state index in [1.807, 2.05) is 6.92 Å². The van der Waals surface area contributed by atoms with Crippen LogP contribution in [0.4, 0.5) is 0 Å². The van der Waals surface area contributed by atoms with Crippen LogP contribution >= 0.6 is 0 Å². The molecule has 0 aromatic rings. The van der Waals surface area contributed by atoms with E-state index < -0.39 is 0 Å². The molecule has 100 valence electrons. The molecule has 0 N–H and O–H groups in total. The van der Waals surface area contributed by atoms with Crippen molar-refractivity contribution in [2.75, 3.05) is 6.61 Å². The second-order valence-electron chi connectivity index (χ2n) is 4.39. The van der Waals surface area contributed by atoms with Crippen LogP contribution in [0.5, 0.6) is 0 Å². The van der Waals surface area contributed by atoms with Crippen LogP contribution in [0.2, 0.25) is 0 Å². The van der Waals surface area contributed by atoms with Gasteiger partial charge in [-0.05, 0) is 25.7 Å². The van der Waals surface area contributed by atoms with E-state index in [2.05, 4.69) is 19.1 Å². The number of allylic oxidation sites excluding steroid dienone is 2. The van der Waals surface area contributed by atoms with E-state index in [1.54, 1.807) is 0 Å². The van der Waals surface area contributed by atoms with E-state index in [0.717, 1.165) is 6.42 Å². The zero-order valence-electron chi connectivity index (χ0n) is 11.5. The summed E-state index contributed by atoms with van der Waals surface area (Å²) in [5, 5.41) is 0. The van der Waals surface area contributed by atoms with Crippen molar-refractivity contribution in [2.24, 2.45) is 0 Å². The maximum absolute atomic E-state index is 10.8. The van der Waals surface area contributed by atoms with Gasteiger partial charge in [-0.25, -0.2) is 0 Å². The van der Waals surface area contributed by atoms with Crippen molar-refractivity contribution < 1.29 is 9.53 Å². The van der Waals surface area contributed by atoms with Crippen molar-refractivity contribution in [3.05, 3.63) is 12.2 Å². The minimum Gasteiger partial charge on any atom is -0.466 e. The van der Waals surface area contributed by atoms with E-state index in [0.29, 0.717) is 13.0 Å². The predicted molar refractivity (Wildman–Crippen MR) is 73.0 cm³/mol. The van der Waals surface area contributed by atoms with Crippen LogP contribution in [-0.4, -0.2) is 12.6 Å². The molecular weight excluding hydrogens is 212 g/mol. The Morgan fingerprint density at radius 2 is 1.59 bits per heavy atom. The molecular formula is C15H28O2. The Morgan fingerprint density at radius 1 is 0.941 bits per heavy atom. The van der Waals surface area contributed by atoms with Gasteiger partial charge >= 0.3 is 5.97 Å². The number of hydrogen-bond donors (Lipinski definition) is 0. The van der Waals surface area contributed by atoms with Crippen LogP contribution in [0.3, 0.4) is 0 Å². The Balaban J connectivity index is 3.08. The summed E-state index contributed by atoms with van der Waals surface area (Å²) in [5.74, 6) is -0.0798. The Morgan fingerprint density at radius 3 is 2.24 bits per heavy atom. The molecule has 2 heteroatoms. The second kappa shape index (κ2) is 13.3. The van der Waals surface area contributed by atoms with Gasteiger partial charge in [-0.1, -0.05) is 51.7 Å². The highest BCUT2D eigenvalue weighted by Crippen LogP contribution is 2.05. The maximum Gasteiger partial charge on any atom is 0.305 e. The van der Waals surface area contributed by atoms with Gasteiger partial charge < -0.3 is 4.74 Å². The monoisotopic (exact) mass is 240 g/mol. The van der Waals surface area contributed by atoms with E-state index in [4.69, 9.17) is 4.74 Å². The van der Waals surface area contributed by atoms with Gasteiger partial charge in [0, 0.05) is 6.42 Å². The Labute approximate surface area is 106 Å². The summed E-state index contributed by atoms with van der Waals surface area (Å²) < 4.78 is 5.01. The van der Waals surface area contributed by atoms with E-state index >= 15 is 0 Å².